The molecule has 0 aromatic carbocycles. The molecule has 0 radical (unpaired) electrons. The predicted molar refractivity (Wildman–Crippen MR) is 91.8 cm³/mol. The van der Waals surface area contributed by atoms with Crippen molar-refractivity contribution in [1.29, 1.82) is 0 Å². The van der Waals surface area contributed by atoms with Crippen LogP contribution in [0.1, 0.15) is 0 Å². The first kappa shape index (κ1) is 49.0. The largest absolute Gasteiger partial charge is 2.00 e. The third kappa shape index (κ3) is 41.4. The van der Waals surface area contributed by atoms with Crippen molar-refractivity contribution >= 4 is 41.6 Å². The van der Waals surface area contributed by atoms with Crippen LogP contribution in [0.4, 0.5) is 0 Å². The fourth-order valence-electron chi connectivity index (χ4n) is 0.272. The molecule has 0 heterocycles. The van der Waals surface area contributed by atoms with Gasteiger partial charge in [0.05, 0.1) is 56.9 Å². The van der Waals surface area contributed by atoms with Gasteiger partial charge in [-0.15, -0.1) is 0 Å². The summed E-state index contributed by atoms with van der Waals surface area (Å²) < 4.78 is 110. The summed E-state index contributed by atoms with van der Waals surface area (Å²) in [6, 6.07) is 0. The quantitative estimate of drug-likeness (QED) is 0.219. The molecule has 31 heavy (non-hydrogen) atoms. The molecule has 0 aromatic heterocycles. The predicted octanol–water partition coefficient (Wildman–Crippen LogP) is -7.90. The zero-order valence-electron chi connectivity index (χ0n) is 17.3. The molecule has 0 aliphatic rings. The monoisotopic (exact) mass is 676 g/mol. The van der Waals surface area contributed by atoms with Crippen LogP contribution >= 0.6 is 0 Å². The number of rotatable bonds is 8. The summed E-state index contributed by atoms with van der Waals surface area (Å²) in [5.74, 6) is 0. The van der Waals surface area contributed by atoms with Gasteiger partial charge in [-0.3, -0.25) is 33.5 Å². The normalized spacial score (nSPS) is 10.6. The Bertz CT molecular complexity index is 603. The molecule has 23 heteroatoms. The van der Waals surface area contributed by atoms with Gasteiger partial charge in [-0.25, -0.2) is 0 Å². The smallest absolute Gasteiger partial charge is 1.00 e. The van der Waals surface area contributed by atoms with Crippen molar-refractivity contribution in [3.8, 4) is 0 Å². The average molecular weight is 677 g/mol. The van der Waals surface area contributed by atoms with E-state index in [1.165, 1.54) is 0 Å². The molecule has 0 amide bonds. The van der Waals surface area contributed by atoms with E-state index in [1.807, 2.05) is 0 Å². The SMILES string of the molecule is COS(=O)(=O)OC.COS(=O)(=O)OC.COS(=O)(=O)OC.COS(=O)(=O)OC.[Cl-].[Cl-].[Ru+2]. The minimum absolute atomic E-state index is 0. The Morgan fingerprint density at radius 3 is 0.387 bits per heavy atom. The Morgan fingerprint density at radius 1 is 0.323 bits per heavy atom. The zero-order valence-corrected chi connectivity index (χ0v) is 23.8. The van der Waals surface area contributed by atoms with E-state index in [9.17, 15) is 33.7 Å². The van der Waals surface area contributed by atoms with Crippen LogP contribution in [-0.2, 0) is 94.5 Å². The van der Waals surface area contributed by atoms with E-state index < -0.39 is 41.6 Å². The van der Waals surface area contributed by atoms with Crippen LogP contribution < -0.4 is 24.8 Å². The average Bonchev–Trinajstić information content (AvgIpc) is 2.69. The van der Waals surface area contributed by atoms with E-state index in [0.29, 0.717) is 0 Å². The maximum absolute atomic E-state index is 9.92. The fourth-order valence-corrected chi connectivity index (χ4v) is 0.816. The number of halogens is 2. The van der Waals surface area contributed by atoms with Crippen molar-refractivity contribution in [2.45, 2.75) is 0 Å². The maximum atomic E-state index is 9.92. The minimum Gasteiger partial charge on any atom is -1.00 e. The molecular formula is C8H24Cl2O16RuS4. The molecule has 0 aliphatic heterocycles. The Kier molecular flexibility index (Phi) is 40.0. The van der Waals surface area contributed by atoms with Crippen LogP contribution in [0.5, 0.6) is 0 Å². The summed E-state index contributed by atoms with van der Waals surface area (Å²) in [6.45, 7) is 0. The van der Waals surface area contributed by atoms with Gasteiger partial charge in [0.2, 0.25) is 0 Å². The van der Waals surface area contributed by atoms with E-state index in [2.05, 4.69) is 33.5 Å². The summed E-state index contributed by atoms with van der Waals surface area (Å²) in [5, 5.41) is 0. The standard InChI is InChI=1S/4C2H6O4S.2ClH.Ru/c4*1-5-7(3,4)6-2;;;/h4*1-2H3;2*1H;/q;;;;;;+2/p-2. The molecule has 0 unspecified atom stereocenters. The summed E-state index contributed by atoms with van der Waals surface area (Å²) >= 11 is 0. The van der Waals surface area contributed by atoms with Crippen LogP contribution in [0, 0.1) is 0 Å². The minimum atomic E-state index is -3.66. The molecule has 0 N–H and O–H groups in total. The van der Waals surface area contributed by atoms with Crippen LogP contribution in [-0.4, -0.2) is 90.5 Å². The topological polar surface area (TPSA) is 210 Å². The molecule has 0 aromatic rings. The van der Waals surface area contributed by atoms with Gasteiger partial charge in [-0.1, -0.05) is 0 Å². The molecule has 0 rings (SSSR count). The maximum Gasteiger partial charge on any atom is 2.00 e. The second-order valence-corrected chi connectivity index (χ2v) is 8.90. The summed E-state index contributed by atoms with van der Waals surface area (Å²) in [6.07, 6.45) is 0. The molecule has 0 bridgehead atoms. The number of hydrogen-bond acceptors (Lipinski definition) is 16. The third-order valence-electron chi connectivity index (χ3n) is 1.63. The van der Waals surface area contributed by atoms with Crippen LogP contribution in [0.25, 0.3) is 0 Å². The summed E-state index contributed by atoms with van der Waals surface area (Å²) in [4.78, 5) is 0. The Labute approximate surface area is 209 Å². The fraction of sp³-hybridized carbons (Fsp3) is 1.00. The second-order valence-electron chi connectivity index (χ2n) is 2.97. The second kappa shape index (κ2) is 25.3. The molecular weight excluding hydrogens is 652 g/mol. The van der Waals surface area contributed by atoms with Gasteiger partial charge in [-0.05, 0) is 0 Å². The van der Waals surface area contributed by atoms with E-state index in [4.69, 9.17) is 0 Å². The summed E-state index contributed by atoms with van der Waals surface area (Å²) in [7, 11) is -6.42. The molecule has 16 nitrogen and oxygen atoms in total. The molecule has 0 atom stereocenters. The van der Waals surface area contributed by atoms with Gasteiger partial charge in [0.25, 0.3) is 0 Å². The first-order chi connectivity index (χ1) is 12.5. The molecule has 198 valence electrons. The van der Waals surface area contributed by atoms with Crippen molar-refractivity contribution in [2.75, 3.05) is 56.9 Å². The molecule has 0 spiro atoms. The molecule has 0 aliphatic carbocycles. The molecule has 0 saturated carbocycles. The molecule has 0 saturated heterocycles. The summed E-state index contributed by atoms with van der Waals surface area (Å²) in [5.41, 5.74) is 0. The van der Waals surface area contributed by atoms with Crippen LogP contribution in [0.15, 0.2) is 0 Å². The van der Waals surface area contributed by atoms with Crippen molar-refractivity contribution < 1.29 is 111 Å². The van der Waals surface area contributed by atoms with Crippen LogP contribution in [0.2, 0.25) is 0 Å². The van der Waals surface area contributed by atoms with Gasteiger partial charge in [0, 0.05) is 0 Å². The van der Waals surface area contributed by atoms with Gasteiger partial charge in [-0.2, -0.15) is 33.7 Å². The van der Waals surface area contributed by atoms with Gasteiger partial charge in [0.15, 0.2) is 0 Å². The zero-order chi connectivity index (χ0) is 23.7. The molecule has 0 fully saturated rings. The Morgan fingerprint density at radius 2 is 0.387 bits per heavy atom. The Hall–Kier alpha value is 0.683. The third-order valence-corrected chi connectivity index (χ3v) is 4.90. The Balaban J connectivity index is -0.0000000480. The van der Waals surface area contributed by atoms with Gasteiger partial charge < -0.3 is 24.8 Å². The number of hydrogen-bond donors (Lipinski definition) is 0. The first-order valence-corrected chi connectivity index (χ1v) is 11.3. The van der Waals surface area contributed by atoms with Crippen LogP contribution in [0.3, 0.4) is 0 Å². The van der Waals surface area contributed by atoms with Crippen molar-refractivity contribution in [3.63, 3.8) is 0 Å². The van der Waals surface area contributed by atoms with Crippen molar-refractivity contribution in [2.24, 2.45) is 0 Å². The van der Waals surface area contributed by atoms with E-state index in [-0.39, 0.29) is 44.3 Å². The van der Waals surface area contributed by atoms with E-state index in [1.54, 1.807) is 0 Å². The van der Waals surface area contributed by atoms with Gasteiger partial charge >= 0.3 is 61.1 Å². The van der Waals surface area contributed by atoms with Crippen molar-refractivity contribution in [3.05, 3.63) is 0 Å². The van der Waals surface area contributed by atoms with Gasteiger partial charge in [0.1, 0.15) is 0 Å². The van der Waals surface area contributed by atoms with E-state index in [0.717, 1.165) is 56.9 Å². The van der Waals surface area contributed by atoms with E-state index >= 15 is 0 Å². The van der Waals surface area contributed by atoms with Crippen molar-refractivity contribution in [1.82, 2.24) is 0 Å². The first-order valence-electron chi connectivity index (χ1n) is 5.93.